The van der Waals surface area contributed by atoms with Crippen LogP contribution in [0, 0.1) is 0 Å². The van der Waals surface area contributed by atoms with E-state index in [9.17, 15) is 13.2 Å². The Balaban J connectivity index is 1.64. The van der Waals surface area contributed by atoms with Crippen LogP contribution < -0.4 is 5.32 Å². The lowest BCUT2D eigenvalue weighted by Crippen LogP contribution is -2.23. The number of hydrogen-bond donors (Lipinski definition) is 1. The van der Waals surface area contributed by atoms with E-state index in [4.69, 9.17) is 11.6 Å². The van der Waals surface area contributed by atoms with Crippen molar-refractivity contribution >= 4 is 44.1 Å². The summed E-state index contributed by atoms with van der Waals surface area (Å²) in [7, 11) is -3.87. The lowest BCUT2D eigenvalue weighted by molar-refractivity contribution is -0.113. The standard InChI is InChI=1S/C22H18ClN3O3S/c23-17-10-8-16(9-11-17)13-26-14-20(18-5-1-2-6-19(18)26)30(28,29)15-22(27)25-21-7-3-4-12-24-21/h1-12,14H,13,15H2,(H,24,25,27). The quantitative estimate of drug-likeness (QED) is 0.489. The fourth-order valence-corrected chi connectivity index (χ4v) is 4.74. The predicted octanol–water partition coefficient (Wildman–Crippen LogP) is 4.15. The molecule has 30 heavy (non-hydrogen) atoms. The number of pyridine rings is 1. The van der Waals surface area contributed by atoms with Gasteiger partial charge in [0.15, 0.2) is 9.84 Å². The summed E-state index contributed by atoms with van der Waals surface area (Å²) in [5, 5.41) is 3.74. The molecule has 2 heterocycles. The van der Waals surface area contributed by atoms with Crippen molar-refractivity contribution in [1.82, 2.24) is 9.55 Å². The number of carbonyl (C=O) groups excluding carboxylic acids is 1. The van der Waals surface area contributed by atoms with Crippen LogP contribution in [0.4, 0.5) is 5.82 Å². The van der Waals surface area contributed by atoms with Crippen LogP contribution in [0.5, 0.6) is 0 Å². The van der Waals surface area contributed by atoms with Gasteiger partial charge < -0.3 is 9.88 Å². The molecule has 4 rings (SSSR count). The van der Waals surface area contributed by atoms with Gasteiger partial charge in [0.25, 0.3) is 0 Å². The lowest BCUT2D eigenvalue weighted by Gasteiger charge is -2.06. The highest BCUT2D eigenvalue weighted by molar-refractivity contribution is 7.92. The molecule has 2 aromatic heterocycles. The summed E-state index contributed by atoms with van der Waals surface area (Å²) >= 11 is 5.95. The van der Waals surface area contributed by atoms with Gasteiger partial charge in [-0.25, -0.2) is 13.4 Å². The normalized spacial score (nSPS) is 11.5. The molecule has 0 radical (unpaired) electrons. The van der Waals surface area contributed by atoms with E-state index in [2.05, 4.69) is 10.3 Å². The topological polar surface area (TPSA) is 81.1 Å². The van der Waals surface area contributed by atoms with Gasteiger partial charge in [-0.1, -0.05) is 48.0 Å². The van der Waals surface area contributed by atoms with Crippen molar-refractivity contribution in [2.24, 2.45) is 0 Å². The van der Waals surface area contributed by atoms with E-state index >= 15 is 0 Å². The van der Waals surface area contributed by atoms with Crippen LogP contribution in [0.2, 0.25) is 5.02 Å². The van der Waals surface area contributed by atoms with Gasteiger partial charge >= 0.3 is 0 Å². The fourth-order valence-electron chi connectivity index (χ4n) is 3.24. The summed E-state index contributed by atoms with van der Waals surface area (Å²) in [5.41, 5.74) is 1.76. The second-order valence-electron chi connectivity index (χ2n) is 6.79. The average Bonchev–Trinajstić information content (AvgIpc) is 3.10. The number of fused-ring (bicyclic) bond motifs is 1. The van der Waals surface area contributed by atoms with Gasteiger partial charge in [-0.2, -0.15) is 0 Å². The molecule has 0 bridgehead atoms. The van der Waals surface area contributed by atoms with Crippen molar-refractivity contribution < 1.29 is 13.2 Å². The molecular formula is C22H18ClN3O3S. The van der Waals surface area contributed by atoms with E-state index in [1.165, 1.54) is 6.20 Å². The SMILES string of the molecule is O=C(CS(=O)(=O)c1cn(Cc2ccc(Cl)cc2)c2ccccc12)Nc1ccccn1. The Morgan fingerprint density at radius 2 is 1.73 bits per heavy atom. The Morgan fingerprint density at radius 1 is 1.00 bits per heavy atom. The molecule has 8 heteroatoms. The van der Waals surface area contributed by atoms with Gasteiger partial charge in [0.2, 0.25) is 5.91 Å². The van der Waals surface area contributed by atoms with Gasteiger partial charge in [0.05, 0.1) is 4.90 Å². The molecule has 152 valence electrons. The maximum atomic E-state index is 13.0. The van der Waals surface area contributed by atoms with Gasteiger partial charge in [-0.3, -0.25) is 4.79 Å². The molecule has 0 saturated carbocycles. The molecule has 0 spiro atoms. The van der Waals surface area contributed by atoms with Crippen LogP contribution in [-0.2, 0) is 21.2 Å². The van der Waals surface area contributed by atoms with Crippen molar-refractivity contribution in [3.05, 3.63) is 89.7 Å². The summed E-state index contributed by atoms with van der Waals surface area (Å²) in [6.45, 7) is 0.479. The summed E-state index contributed by atoms with van der Waals surface area (Å²) in [6, 6.07) is 19.6. The van der Waals surface area contributed by atoms with Crippen LogP contribution in [0.1, 0.15) is 5.56 Å². The number of benzene rings is 2. The van der Waals surface area contributed by atoms with Crippen LogP contribution in [-0.4, -0.2) is 29.6 Å². The molecular weight excluding hydrogens is 422 g/mol. The second-order valence-corrected chi connectivity index (χ2v) is 9.18. The molecule has 0 aliphatic carbocycles. The Labute approximate surface area is 179 Å². The van der Waals surface area contributed by atoms with E-state index < -0.39 is 21.5 Å². The highest BCUT2D eigenvalue weighted by atomic mass is 35.5. The maximum Gasteiger partial charge on any atom is 0.241 e. The first-order valence-corrected chi connectivity index (χ1v) is 11.2. The van der Waals surface area contributed by atoms with Crippen LogP contribution in [0.15, 0.2) is 84.0 Å². The molecule has 4 aromatic rings. The number of halogens is 1. The van der Waals surface area contributed by atoms with Gasteiger partial charge in [0, 0.05) is 34.9 Å². The number of nitrogens with one attached hydrogen (secondary N) is 1. The third-order valence-corrected chi connectivity index (χ3v) is 6.50. The number of aromatic nitrogens is 2. The molecule has 0 saturated heterocycles. The second kappa shape index (κ2) is 8.30. The Hall–Kier alpha value is -3.16. The molecule has 0 aliphatic rings. The van der Waals surface area contributed by atoms with Crippen molar-refractivity contribution in [2.75, 3.05) is 11.1 Å². The number of nitrogens with zero attached hydrogens (tertiary/aromatic N) is 2. The van der Waals surface area contributed by atoms with E-state index in [0.717, 1.165) is 11.1 Å². The highest BCUT2D eigenvalue weighted by Crippen LogP contribution is 2.27. The van der Waals surface area contributed by atoms with E-state index in [1.807, 2.05) is 28.8 Å². The summed E-state index contributed by atoms with van der Waals surface area (Å²) in [6.07, 6.45) is 3.11. The predicted molar refractivity (Wildman–Crippen MR) is 117 cm³/mol. The zero-order valence-corrected chi connectivity index (χ0v) is 17.4. The number of anilines is 1. The number of para-hydroxylation sites is 1. The van der Waals surface area contributed by atoms with Crippen LogP contribution >= 0.6 is 11.6 Å². The number of carbonyl (C=O) groups is 1. The first kappa shape index (κ1) is 20.1. The Morgan fingerprint density at radius 3 is 2.47 bits per heavy atom. The van der Waals surface area contributed by atoms with E-state index in [1.54, 1.807) is 48.7 Å². The van der Waals surface area contributed by atoms with Crippen molar-refractivity contribution in [1.29, 1.82) is 0 Å². The average molecular weight is 440 g/mol. The van der Waals surface area contributed by atoms with Gasteiger partial charge in [-0.05, 0) is 35.9 Å². The minimum absolute atomic E-state index is 0.128. The first-order chi connectivity index (χ1) is 14.4. The Kier molecular flexibility index (Phi) is 5.57. The molecule has 1 N–H and O–H groups in total. The van der Waals surface area contributed by atoms with E-state index in [-0.39, 0.29) is 4.90 Å². The molecule has 2 aromatic carbocycles. The third kappa shape index (κ3) is 4.37. The molecule has 0 fully saturated rings. The molecule has 6 nitrogen and oxygen atoms in total. The Bertz CT molecular complexity index is 1300. The largest absolute Gasteiger partial charge is 0.342 e. The fraction of sp³-hybridized carbons (Fsp3) is 0.0909. The molecule has 0 atom stereocenters. The minimum atomic E-state index is -3.87. The number of hydrogen-bond acceptors (Lipinski definition) is 4. The molecule has 0 aliphatic heterocycles. The van der Waals surface area contributed by atoms with Crippen molar-refractivity contribution in [3.8, 4) is 0 Å². The van der Waals surface area contributed by atoms with Crippen molar-refractivity contribution in [3.63, 3.8) is 0 Å². The number of rotatable bonds is 6. The summed E-state index contributed by atoms with van der Waals surface area (Å²) in [4.78, 5) is 16.4. The van der Waals surface area contributed by atoms with Crippen LogP contribution in [0.25, 0.3) is 10.9 Å². The third-order valence-electron chi connectivity index (χ3n) is 4.61. The highest BCUT2D eigenvalue weighted by Gasteiger charge is 2.24. The van der Waals surface area contributed by atoms with Crippen molar-refractivity contribution in [2.45, 2.75) is 11.4 Å². The summed E-state index contributed by atoms with van der Waals surface area (Å²) < 4.78 is 28.0. The number of amides is 1. The summed E-state index contributed by atoms with van der Waals surface area (Å²) in [5.74, 6) is -0.996. The molecule has 0 unspecified atom stereocenters. The smallest absolute Gasteiger partial charge is 0.241 e. The van der Waals surface area contributed by atoms with Gasteiger partial charge in [0.1, 0.15) is 11.6 Å². The zero-order chi connectivity index (χ0) is 21.1. The zero-order valence-electron chi connectivity index (χ0n) is 15.8. The minimum Gasteiger partial charge on any atom is -0.342 e. The van der Waals surface area contributed by atoms with Crippen LogP contribution in [0.3, 0.4) is 0 Å². The van der Waals surface area contributed by atoms with E-state index in [0.29, 0.717) is 22.8 Å². The monoisotopic (exact) mass is 439 g/mol. The number of sulfone groups is 1. The van der Waals surface area contributed by atoms with Gasteiger partial charge in [-0.15, -0.1) is 0 Å². The maximum absolute atomic E-state index is 13.0. The lowest BCUT2D eigenvalue weighted by atomic mass is 10.2. The first-order valence-electron chi connectivity index (χ1n) is 9.18. The molecule has 1 amide bonds.